The Bertz CT molecular complexity index is 553. The van der Waals surface area contributed by atoms with Crippen LogP contribution in [-0.2, 0) is 6.42 Å². The minimum absolute atomic E-state index is 1.07. The number of fused-ring (bicyclic) bond motifs is 1. The SMILES string of the molecule is c1ccc2c(CCNCCN3CCCCC3)cccc2c1. The highest BCUT2D eigenvalue weighted by Gasteiger charge is 2.08. The van der Waals surface area contributed by atoms with Gasteiger partial charge in [0.1, 0.15) is 0 Å². The Balaban J connectivity index is 1.44. The van der Waals surface area contributed by atoms with Crippen LogP contribution < -0.4 is 5.32 Å². The second-order valence-corrected chi connectivity index (χ2v) is 6.04. The molecule has 0 bridgehead atoms. The Labute approximate surface area is 128 Å². The number of rotatable bonds is 6. The van der Waals surface area contributed by atoms with E-state index < -0.39 is 0 Å². The molecule has 0 amide bonds. The molecule has 2 nitrogen and oxygen atoms in total. The van der Waals surface area contributed by atoms with Gasteiger partial charge in [0.15, 0.2) is 0 Å². The lowest BCUT2D eigenvalue weighted by Gasteiger charge is -2.26. The Hall–Kier alpha value is -1.38. The average Bonchev–Trinajstić information content (AvgIpc) is 2.56. The van der Waals surface area contributed by atoms with Gasteiger partial charge < -0.3 is 10.2 Å². The van der Waals surface area contributed by atoms with Crippen LogP contribution in [0.1, 0.15) is 24.8 Å². The summed E-state index contributed by atoms with van der Waals surface area (Å²) in [6, 6.07) is 15.3. The van der Waals surface area contributed by atoms with Crippen LogP contribution in [0.25, 0.3) is 10.8 Å². The van der Waals surface area contributed by atoms with Crippen molar-refractivity contribution in [2.75, 3.05) is 32.7 Å². The molecule has 2 aromatic carbocycles. The van der Waals surface area contributed by atoms with Crippen LogP contribution in [0.4, 0.5) is 0 Å². The van der Waals surface area contributed by atoms with Gasteiger partial charge in [-0.05, 0) is 55.2 Å². The second kappa shape index (κ2) is 7.58. The molecule has 0 saturated carbocycles. The van der Waals surface area contributed by atoms with Gasteiger partial charge in [0.05, 0.1) is 0 Å². The van der Waals surface area contributed by atoms with Crippen LogP contribution in [0.3, 0.4) is 0 Å². The zero-order chi connectivity index (χ0) is 14.3. The molecule has 1 heterocycles. The largest absolute Gasteiger partial charge is 0.315 e. The highest BCUT2D eigenvalue weighted by Crippen LogP contribution is 2.18. The predicted molar refractivity (Wildman–Crippen MR) is 90.8 cm³/mol. The third kappa shape index (κ3) is 4.05. The Kier molecular flexibility index (Phi) is 5.25. The summed E-state index contributed by atoms with van der Waals surface area (Å²) < 4.78 is 0. The second-order valence-electron chi connectivity index (χ2n) is 6.04. The number of nitrogens with one attached hydrogen (secondary N) is 1. The number of nitrogens with zero attached hydrogens (tertiary/aromatic N) is 1. The summed E-state index contributed by atoms with van der Waals surface area (Å²) in [7, 11) is 0. The summed E-state index contributed by atoms with van der Waals surface area (Å²) in [6.07, 6.45) is 5.30. The molecule has 1 N–H and O–H groups in total. The molecule has 1 aliphatic heterocycles. The van der Waals surface area contributed by atoms with Gasteiger partial charge in [-0.2, -0.15) is 0 Å². The van der Waals surface area contributed by atoms with Gasteiger partial charge >= 0.3 is 0 Å². The Morgan fingerprint density at radius 3 is 2.57 bits per heavy atom. The molecule has 112 valence electrons. The zero-order valence-corrected chi connectivity index (χ0v) is 12.9. The third-order valence-electron chi connectivity index (χ3n) is 4.50. The molecular formula is C19H26N2. The van der Waals surface area contributed by atoms with Crippen LogP contribution >= 0.6 is 0 Å². The number of piperidine rings is 1. The molecule has 0 spiro atoms. The number of benzene rings is 2. The highest BCUT2D eigenvalue weighted by atomic mass is 15.1. The summed E-state index contributed by atoms with van der Waals surface area (Å²) >= 11 is 0. The molecule has 0 unspecified atom stereocenters. The van der Waals surface area contributed by atoms with Crippen LogP contribution in [0, 0.1) is 0 Å². The molecule has 1 aliphatic rings. The van der Waals surface area contributed by atoms with E-state index >= 15 is 0 Å². The molecule has 0 aromatic heterocycles. The van der Waals surface area contributed by atoms with Crippen molar-refractivity contribution in [1.29, 1.82) is 0 Å². The standard InChI is InChI=1S/C19H26N2/c1-4-14-21(15-5-1)16-13-20-12-11-18-9-6-8-17-7-2-3-10-19(17)18/h2-3,6-10,20H,1,4-5,11-16H2. The van der Waals surface area contributed by atoms with Crippen molar-refractivity contribution in [2.45, 2.75) is 25.7 Å². The molecule has 0 aliphatic carbocycles. The first kappa shape index (κ1) is 14.6. The molecule has 1 fully saturated rings. The highest BCUT2D eigenvalue weighted by molar-refractivity contribution is 5.85. The monoisotopic (exact) mass is 282 g/mol. The molecule has 2 heteroatoms. The van der Waals surface area contributed by atoms with Crippen LogP contribution in [-0.4, -0.2) is 37.6 Å². The fourth-order valence-corrected chi connectivity index (χ4v) is 3.28. The lowest BCUT2D eigenvalue weighted by Crippen LogP contribution is -2.36. The number of hydrogen-bond donors (Lipinski definition) is 1. The van der Waals surface area contributed by atoms with E-state index in [1.807, 2.05) is 0 Å². The van der Waals surface area contributed by atoms with Crippen molar-refractivity contribution in [3.63, 3.8) is 0 Å². The Morgan fingerprint density at radius 2 is 1.67 bits per heavy atom. The third-order valence-corrected chi connectivity index (χ3v) is 4.50. The molecule has 3 rings (SSSR count). The minimum Gasteiger partial charge on any atom is -0.315 e. The van der Waals surface area contributed by atoms with Gasteiger partial charge in [-0.3, -0.25) is 0 Å². The van der Waals surface area contributed by atoms with E-state index in [-0.39, 0.29) is 0 Å². The smallest absolute Gasteiger partial charge is 0.0107 e. The maximum atomic E-state index is 3.60. The van der Waals surface area contributed by atoms with E-state index in [4.69, 9.17) is 0 Å². The van der Waals surface area contributed by atoms with Crippen LogP contribution in [0.15, 0.2) is 42.5 Å². The van der Waals surface area contributed by atoms with Crippen molar-refractivity contribution in [3.05, 3.63) is 48.0 Å². The van der Waals surface area contributed by atoms with Crippen molar-refractivity contribution in [2.24, 2.45) is 0 Å². The molecular weight excluding hydrogens is 256 g/mol. The van der Waals surface area contributed by atoms with Gasteiger partial charge in [0, 0.05) is 13.1 Å². The summed E-state index contributed by atoms with van der Waals surface area (Å²) in [5.41, 5.74) is 1.46. The average molecular weight is 282 g/mol. The molecule has 21 heavy (non-hydrogen) atoms. The van der Waals surface area contributed by atoms with Crippen molar-refractivity contribution in [3.8, 4) is 0 Å². The topological polar surface area (TPSA) is 15.3 Å². The molecule has 0 atom stereocenters. The number of likely N-dealkylation sites (tertiary alicyclic amines) is 1. The fraction of sp³-hybridized carbons (Fsp3) is 0.474. The first-order chi connectivity index (χ1) is 10.4. The van der Waals surface area contributed by atoms with Gasteiger partial charge in [-0.1, -0.05) is 48.9 Å². The van der Waals surface area contributed by atoms with Crippen LogP contribution in [0.5, 0.6) is 0 Å². The quantitative estimate of drug-likeness (QED) is 0.816. The molecule has 2 aromatic rings. The number of hydrogen-bond acceptors (Lipinski definition) is 2. The van der Waals surface area contributed by atoms with Crippen molar-refractivity contribution in [1.82, 2.24) is 10.2 Å². The minimum atomic E-state index is 1.07. The normalized spacial score (nSPS) is 16.4. The maximum absolute atomic E-state index is 3.60. The van der Waals surface area contributed by atoms with Gasteiger partial charge in [0.2, 0.25) is 0 Å². The fourth-order valence-electron chi connectivity index (χ4n) is 3.28. The zero-order valence-electron chi connectivity index (χ0n) is 12.9. The lowest BCUT2D eigenvalue weighted by molar-refractivity contribution is 0.229. The van der Waals surface area contributed by atoms with E-state index in [1.54, 1.807) is 0 Å². The van der Waals surface area contributed by atoms with Gasteiger partial charge in [-0.25, -0.2) is 0 Å². The van der Waals surface area contributed by atoms with Crippen LogP contribution in [0.2, 0.25) is 0 Å². The summed E-state index contributed by atoms with van der Waals surface area (Å²) in [5, 5.41) is 6.36. The lowest BCUT2D eigenvalue weighted by atomic mass is 10.0. The first-order valence-electron chi connectivity index (χ1n) is 8.33. The Morgan fingerprint density at radius 1 is 0.857 bits per heavy atom. The summed E-state index contributed by atoms with van der Waals surface area (Å²) in [6.45, 7) is 5.98. The predicted octanol–water partition coefficient (Wildman–Crippen LogP) is 3.46. The summed E-state index contributed by atoms with van der Waals surface area (Å²) in [5.74, 6) is 0. The van der Waals surface area contributed by atoms with E-state index in [1.165, 1.54) is 55.2 Å². The molecule has 0 radical (unpaired) electrons. The van der Waals surface area contributed by atoms with Gasteiger partial charge in [-0.15, -0.1) is 0 Å². The van der Waals surface area contributed by atoms with Crippen molar-refractivity contribution < 1.29 is 0 Å². The van der Waals surface area contributed by atoms with E-state index in [0.29, 0.717) is 0 Å². The maximum Gasteiger partial charge on any atom is 0.0107 e. The van der Waals surface area contributed by atoms with E-state index in [9.17, 15) is 0 Å². The molecule has 1 saturated heterocycles. The van der Waals surface area contributed by atoms with Crippen molar-refractivity contribution >= 4 is 10.8 Å². The van der Waals surface area contributed by atoms with Gasteiger partial charge in [0.25, 0.3) is 0 Å². The first-order valence-corrected chi connectivity index (χ1v) is 8.33. The summed E-state index contributed by atoms with van der Waals surface area (Å²) in [4.78, 5) is 2.59. The van der Waals surface area contributed by atoms with E-state index in [0.717, 1.165) is 19.5 Å². The van der Waals surface area contributed by atoms with E-state index in [2.05, 4.69) is 52.7 Å².